The number of primary amides is 1. The summed E-state index contributed by atoms with van der Waals surface area (Å²) in [7, 11) is 0. The van der Waals surface area contributed by atoms with Gasteiger partial charge in [-0.3, -0.25) is 14.4 Å². The lowest BCUT2D eigenvalue weighted by atomic mass is 10.1. The number of aliphatic carboxylic acids is 1. The van der Waals surface area contributed by atoms with Gasteiger partial charge in [0.1, 0.15) is 12.1 Å². The SMILES string of the molecule is CC(C)(NC(=O)NCC(=O)NCC(=O)O)C(N)=O. The lowest BCUT2D eigenvalue weighted by molar-refractivity contribution is -0.137. The summed E-state index contributed by atoms with van der Waals surface area (Å²) < 4.78 is 0. The molecule has 0 aliphatic rings. The first-order valence-corrected chi connectivity index (χ1v) is 4.99. The first kappa shape index (κ1) is 15.7. The van der Waals surface area contributed by atoms with Crippen molar-refractivity contribution in [3.63, 3.8) is 0 Å². The second-order valence-corrected chi connectivity index (χ2v) is 3.97. The summed E-state index contributed by atoms with van der Waals surface area (Å²) in [6, 6.07) is -0.760. The number of nitrogens with one attached hydrogen (secondary N) is 3. The summed E-state index contributed by atoms with van der Waals surface area (Å²) in [4.78, 5) is 43.4. The molecule has 0 rings (SSSR count). The van der Waals surface area contributed by atoms with Crippen molar-refractivity contribution in [1.29, 1.82) is 0 Å². The molecule has 0 atom stereocenters. The van der Waals surface area contributed by atoms with E-state index in [4.69, 9.17) is 10.8 Å². The average molecular weight is 260 g/mol. The first-order valence-electron chi connectivity index (χ1n) is 4.99. The van der Waals surface area contributed by atoms with Crippen molar-refractivity contribution in [2.45, 2.75) is 19.4 Å². The maximum absolute atomic E-state index is 11.3. The summed E-state index contributed by atoms with van der Waals surface area (Å²) in [5.41, 5.74) is 3.78. The lowest BCUT2D eigenvalue weighted by Gasteiger charge is -2.22. The van der Waals surface area contributed by atoms with Gasteiger partial charge in [0.15, 0.2) is 0 Å². The van der Waals surface area contributed by atoms with E-state index < -0.39 is 42.4 Å². The van der Waals surface area contributed by atoms with E-state index in [1.165, 1.54) is 13.8 Å². The van der Waals surface area contributed by atoms with E-state index in [1.807, 2.05) is 0 Å². The third kappa shape index (κ3) is 6.30. The van der Waals surface area contributed by atoms with Crippen LogP contribution in [0.1, 0.15) is 13.8 Å². The Balaban J connectivity index is 4.01. The van der Waals surface area contributed by atoms with Gasteiger partial charge in [-0.1, -0.05) is 0 Å². The van der Waals surface area contributed by atoms with E-state index >= 15 is 0 Å². The van der Waals surface area contributed by atoms with Gasteiger partial charge in [0.05, 0.1) is 6.54 Å². The van der Waals surface area contributed by atoms with Crippen LogP contribution >= 0.6 is 0 Å². The van der Waals surface area contributed by atoms with Gasteiger partial charge in [0.2, 0.25) is 11.8 Å². The fourth-order valence-corrected chi connectivity index (χ4v) is 0.787. The van der Waals surface area contributed by atoms with Gasteiger partial charge in [-0.15, -0.1) is 0 Å². The first-order chi connectivity index (χ1) is 8.15. The highest BCUT2D eigenvalue weighted by atomic mass is 16.4. The van der Waals surface area contributed by atoms with E-state index in [1.54, 1.807) is 0 Å². The van der Waals surface area contributed by atoms with Crippen molar-refractivity contribution in [2.24, 2.45) is 5.73 Å². The van der Waals surface area contributed by atoms with Crippen LogP contribution in [-0.4, -0.2) is 47.5 Å². The van der Waals surface area contributed by atoms with Crippen LogP contribution in [0.5, 0.6) is 0 Å². The van der Waals surface area contributed by atoms with Crippen LogP contribution in [0.4, 0.5) is 4.79 Å². The van der Waals surface area contributed by atoms with Crippen LogP contribution in [0.15, 0.2) is 0 Å². The quantitative estimate of drug-likeness (QED) is 0.365. The molecule has 0 saturated carbocycles. The Hall–Kier alpha value is -2.32. The number of carbonyl (C=O) groups excluding carboxylic acids is 3. The molecule has 0 spiro atoms. The van der Waals surface area contributed by atoms with Crippen molar-refractivity contribution in [3.05, 3.63) is 0 Å². The second-order valence-electron chi connectivity index (χ2n) is 3.97. The highest BCUT2D eigenvalue weighted by Gasteiger charge is 2.26. The van der Waals surface area contributed by atoms with Gasteiger partial charge in [-0.05, 0) is 13.8 Å². The molecular formula is C9H16N4O5. The van der Waals surface area contributed by atoms with E-state index in [9.17, 15) is 19.2 Å². The molecule has 0 aliphatic heterocycles. The normalized spacial score (nSPS) is 10.3. The Kier molecular flexibility index (Phi) is 5.60. The maximum Gasteiger partial charge on any atom is 0.322 e. The predicted molar refractivity (Wildman–Crippen MR) is 60.5 cm³/mol. The number of carboxylic acids is 1. The molecule has 4 amide bonds. The van der Waals surface area contributed by atoms with Gasteiger partial charge in [0.25, 0.3) is 0 Å². The molecule has 9 nitrogen and oxygen atoms in total. The Labute approximate surface area is 103 Å². The smallest absolute Gasteiger partial charge is 0.322 e. The minimum absolute atomic E-state index is 0.409. The summed E-state index contributed by atoms with van der Waals surface area (Å²) in [5.74, 6) is -2.58. The Morgan fingerprint density at radius 3 is 2.11 bits per heavy atom. The van der Waals surface area contributed by atoms with Crippen molar-refractivity contribution >= 4 is 23.8 Å². The van der Waals surface area contributed by atoms with Crippen LogP contribution in [0, 0.1) is 0 Å². The monoisotopic (exact) mass is 260 g/mol. The van der Waals surface area contributed by atoms with Crippen LogP contribution < -0.4 is 21.7 Å². The summed E-state index contributed by atoms with van der Waals surface area (Å²) >= 11 is 0. The Morgan fingerprint density at radius 1 is 1.11 bits per heavy atom. The fraction of sp³-hybridized carbons (Fsp3) is 0.556. The highest BCUT2D eigenvalue weighted by Crippen LogP contribution is 1.98. The number of urea groups is 1. The molecular weight excluding hydrogens is 244 g/mol. The van der Waals surface area contributed by atoms with Crippen LogP contribution in [-0.2, 0) is 14.4 Å². The number of hydrogen-bond acceptors (Lipinski definition) is 4. The van der Waals surface area contributed by atoms with Crippen molar-refractivity contribution in [2.75, 3.05) is 13.1 Å². The largest absolute Gasteiger partial charge is 0.480 e. The molecule has 0 heterocycles. The lowest BCUT2D eigenvalue weighted by Crippen LogP contribution is -2.56. The molecule has 102 valence electrons. The van der Waals surface area contributed by atoms with E-state index in [-0.39, 0.29) is 0 Å². The number of amides is 4. The molecule has 0 bridgehead atoms. The third-order valence-electron chi connectivity index (χ3n) is 1.89. The van der Waals surface area contributed by atoms with Gasteiger partial charge < -0.3 is 26.8 Å². The number of carboxylic acid groups (broad SMARTS) is 1. The van der Waals surface area contributed by atoms with Crippen LogP contribution in [0.25, 0.3) is 0 Å². The number of nitrogens with two attached hydrogens (primary N) is 1. The van der Waals surface area contributed by atoms with E-state index in [0.717, 1.165) is 0 Å². The highest BCUT2D eigenvalue weighted by molar-refractivity contribution is 5.90. The number of carbonyl (C=O) groups is 4. The Bertz CT molecular complexity index is 366. The standard InChI is InChI=1S/C9H16N4O5/c1-9(2,7(10)17)13-8(18)12-3-5(14)11-4-6(15)16/h3-4H2,1-2H3,(H2,10,17)(H,11,14)(H,15,16)(H2,12,13,18). The molecule has 9 heteroatoms. The maximum atomic E-state index is 11.3. The third-order valence-corrected chi connectivity index (χ3v) is 1.89. The van der Waals surface area contributed by atoms with Crippen LogP contribution in [0.3, 0.4) is 0 Å². The molecule has 0 aromatic carbocycles. The van der Waals surface area contributed by atoms with E-state index in [2.05, 4.69) is 16.0 Å². The summed E-state index contributed by atoms with van der Waals surface area (Å²) in [5, 5.41) is 14.7. The second kappa shape index (κ2) is 6.42. The molecule has 0 aliphatic carbocycles. The topological polar surface area (TPSA) is 151 Å². The fourth-order valence-electron chi connectivity index (χ4n) is 0.787. The van der Waals surface area contributed by atoms with Gasteiger partial charge >= 0.3 is 12.0 Å². The summed E-state index contributed by atoms with van der Waals surface area (Å²) in [6.45, 7) is 1.86. The molecule has 0 unspecified atom stereocenters. The van der Waals surface area contributed by atoms with Gasteiger partial charge in [-0.2, -0.15) is 0 Å². The van der Waals surface area contributed by atoms with E-state index in [0.29, 0.717) is 0 Å². The molecule has 6 N–H and O–H groups in total. The minimum atomic E-state index is -1.25. The molecule has 18 heavy (non-hydrogen) atoms. The molecule has 0 fully saturated rings. The minimum Gasteiger partial charge on any atom is -0.480 e. The molecule has 0 radical (unpaired) electrons. The van der Waals surface area contributed by atoms with Gasteiger partial charge in [-0.25, -0.2) is 4.79 Å². The van der Waals surface area contributed by atoms with Crippen molar-refractivity contribution < 1.29 is 24.3 Å². The Morgan fingerprint density at radius 2 is 1.67 bits per heavy atom. The molecule has 0 aromatic heterocycles. The predicted octanol–water partition coefficient (Wildman–Crippen LogP) is -2.25. The molecule has 0 saturated heterocycles. The summed E-state index contributed by atoms with van der Waals surface area (Å²) in [6.07, 6.45) is 0. The van der Waals surface area contributed by atoms with Gasteiger partial charge in [0, 0.05) is 0 Å². The molecule has 0 aromatic rings. The zero-order valence-corrected chi connectivity index (χ0v) is 10.1. The average Bonchev–Trinajstić information content (AvgIpc) is 2.22. The number of hydrogen-bond donors (Lipinski definition) is 5. The zero-order valence-electron chi connectivity index (χ0n) is 10.1. The van der Waals surface area contributed by atoms with Crippen molar-refractivity contribution in [3.8, 4) is 0 Å². The zero-order chi connectivity index (χ0) is 14.3. The number of rotatable bonds is 6. The van der Waals surface area contributed by atoms with Crippen LogP contribution in [0.2, 0.25) is 0 Å². The van der Waals surface area contributed by atoms with Crippen molar-refractivity contribution in [1.82, 2.24) is 16.0 Å².